The Hall–Kier alpha value is -3.17. The molecule has 0 aromatic carbocycles. The van der Waals surface area contributed by atoms with E-state index >= 15 is 0 Å². The minimum Gasteiger partial charge on any atom is -0.488 e. The molecule has 3 heterocycles. The maximum Gasteiger partial charge on any atom is 0.433 e. The smallest absolute Gasteiger partial charge is 0.433 e. The summed E-state index contributed by atoms with van der Waals surface area (Å²) in [5.41, 5.74) is 4.29. The second kappa shape index (κ2) is 7.83. The number of pyridine rings is 2. The molecular formula is C18H17F3N4O3. The minimum absolute atomic E-state index is 0.0667. The number of amides is 2. The van der Waals surface area contributed by atoms with Gasteiger partial charge in [-0.05, 0) is 31.0 Å². The van der Waals surface area contributed by atoms with Crippen LogP contribution in [-0.4, -0.2) is 45.9 Å². The van der Waals surface area contributed by atoms with E-state index in [9.17, 15) is 22.8 Å². The summed E-state index contributed by atoms with van der Waals surface area (Å²) in [5, 5.41) is 0. The van der Waals surface area contributed by atoms with Gasteiger partial charge in [-0.3, -0.25) is 19.6 Å². The standard InChI is InChI=1S/C18H17F3N4O3/c19-18(20,21)15-4-3-11(9-24-15)17(27)25-7-1-2-13(10-25)28-12-5-6-23-14(8-12)16(22)26/h3-6,8-9,13H,1-2,7,10H2,(H2,22,26). The van der Waals surface area contributed by atoms with Crippen LogP contribution in [0.3, 0.4) is 0 Å². The maximum absolute atomic E-state index is 12.6. The fourth-order valence-corrected chi connectivity index (χ4v) is 2.90. The van der Waals surface area contributed by atoms with Crippen LogP contribution in [0.5, 0.6) is 5.75 Å². The van der Waals surface area contributed by atoms with Gasteiger partial charge in [-0.15, -0.1) is 0 Å². The number of piperidine rings is 1. The first kappa shape index (κ1) is 19.6. The Balaban J connectivity index is 1.66. The molecule has 0 bridgehead atoms. The lowest BCUT2D eigenvalue weighted by Gasteiger charge is -2.33. The Morgan fingerprint density at radius 1 is 1.21 bits per heavy atom. The van der Waals surface area contributed by atoms with E-state index < -0.39 is 23.7 Å². The lowest BCUT2D eigenvalue weighted by Crippen LogP contribution is -2.44. The van der Waals surface area contributed by atoms with Crippen LogP contribution in [0.1, 0.15) is 39.4 Å². The molecule has 28 heavy (non-hydrogen) atoms. The van der Waals surface area contributed by atoms with Crippen LogP contribution >= 0.6 is 0 Å². The molecule has 2 aromatic heterocycles. The molecule has 1 unspecified atom stereocenters. The van der Waals surface area contributed by atoms with Crippen LogP contribution in [0.2, 0.25) is 0 Å². The zero-order valence-corrected chi connectivity index (χ0v) is 14.6. The summed E-state index contributed by atoms with van der Waals surface area (Å²) >= 11 is 0. The molecule has 2 amide bonds. The summed E-state index contributed by atoms with van der Waals surface area (Å²) in [6, 6.07) is 4.90. The van der Waals surface area contributed by atoms with Gasteiger partial charge in [-0.25, -0.2) is 0 Å². The molecule has 1 fully saturated rings. The summed E-state index contributed by atoms with van der Waals surface area (Å²) in [6.07, 6.45) is -1.21. The van der Waals surface area contributed by atoms with Gasteiger partial charge in [0.25, 0.3) is 11.8 Å². The zero-order chi connectivity index (χ0) is 20.3. The van der Waals surface area contributed by atoms with Crippen molar-refractivity contribution < 1.29 is 27.5 Å². The Kier molecular flexibility index (Phi) is 5.48. The summed E-state index contributed by atoms with van der Waals surface area (Å²) in [6.45, 7) is 0.719. The first-order chi connectivity index (χ1) is 13.2. The van der Waals surface area contributed by atoms with Gasteiger partial charge in [0.15, 0.2) is 0 Å². The number of carbonyl (C=O) groups excluding carboxylic acids is 2. The van der Waals surface area contributed by atoms with E-state index in [1.54, 1.807) is 6.07 Å². The van der Waals surface area contributed by atoms with Crippen LogP contribution in [-0.2, 0) is 6.18 Å². The van der Waals surface area contributed by atoms with Gasteiger partial charge in [0.2, 0.25) is 0 Å². The molecule has 148 valence electrons. The predicted molar refractivity (Wildman–Crippen MR) is 91.5 cm³/mol. The fraction of sp³-hybridized carbons (Fsp3) is 0.333. The van der Waals surface area contributed by atoms with Crippen molar-refractivity contribution >= 4 is 11.8 Å². The molecule has 0 radical (unpaired) electrons. The first-order valence-electron chi connectivity index (χ1n) is 8.49. The molecule has 1 saturated heterocycles. The Bertz CT molecular complexity index is 871. The van der Waals surface area contributed by atoms with Crippen molar-refractivity contribution in [1.29, 1.82) is 0 Å². The molecule has 10 heteroatoms. The highest BCUT2D eigenvalue weighted by atomic mass is 19.4. The summed E-state index contributed by atoms with van der Waals surface area (Å²) < 4.78 is 43.6. The summed E-state index contributed by atoms with van der Waals surface area (Å²) in [7, 11) is 0. The number of nitrogens with zero attached hydrogens (tertiary/aromatic N) is 3. The largest absolute Gasteiger partial charge is 0.488 e. The number of alkyl halides is 3. The highest BCUT2D eigenvalue weighted by molar-refractivity contribution is 5.94. The predicted octanol–water partition coefficient (Wildman–Crippen LogP) is 2.28. The Morgan fingerprint density at radius 2 is 2.00 bits per heavy atom. The van der Waals surface area contributed by atoms with Crippen LogP contribution in [0.25, 0.3) is 0 Å². The van der Waals surface area contributed by atoms with Crippen LogP contribution < -0.4 is 10.5 Å². The Labute approximate surface area is 158 Å². The topological polar surface area (TPSA) is 98.4 Å². The van der Waals surface area contributed by atoms with Gasteiger partial charge >= 0.3 is 6.18 Å². The SMILES string of the molecule is NC(=O)c1cc(OC2CCCN(C(=O)c3ccc(C(F)(F)F)nc3)C2)ccn1. The summed E-state index contributed by atoms with van der Waals surface area (Å²) in [4.78, 5) is 32.5. The van der Waals surface area contributed by atoms with E-state index in [0.717, 1.165) is 18.3 Å². The second-order valence-corrected chi connectivity index (χ2v) is 6.30. The fourth-order valence-electron chi connectivity index (χ4n) is 2.90. The molecule has 3 rings (SSSR count). The van der Waals surface area contributed by atoms with Crippen LogP contribution in [0.4, 0.5) is 13.2 Å². The van der Waals surface area contributed by atoms with Crippen molar-refractivity contribution in [2.24, 2.45) is 5.73 Å². The maximum atomic E-state index is 12.6. The summed E-state index contributed by atoms with van der Waals surface area (Å²) in [5.74, 6) is -0.693. The number of carbonyl (C=O) groups is 2. The first-order valence-corrected chi connectivity index (χ1v) is 8.49. The van der Waals surface area contributed by atoms with Crippen molar-refractivity contribution in [3.63, 3.8) is 0 Å². The minimum atomic E-state index is -4.56. The number of likely N-dealkylation sites (tertiary alicyclic amines) is 1. The molecule has 1 aliphatic heterocycles. The number of halogens is 3. The van der Waals surface area contributed by atoms with E-state index in [4.69, 9.17) is 10.5 Å². The number of rotatable bonds is 4. The second-order valence-electron chi connectivity index (χ2n) is 6.30. The van der Waals surface area contributed by atoms with Crippen molar-refractivity contribution in [1.82, 2.24) is 14.9 Å². The van der Waals surface area contributed by atoms with E-state index in [0.29, 0.717) is 25.1 Å². The normalized spacial score (nSPS) is 17.2. The van der Waals surface area contributed by atoms with Crippen LogP contribution in [0, 0.1) is 0 Å². The van der Waals surface area contributed by atoms with E-state index in [-0.39, 0.29) is 23.9 Å². The highest BCUT2D eigenvalue weighted by Gasteiger charge is 2.33. The lowest BCUT2D eigenvalue weighted by atomic mass is 10.1. The third kappa shape index (κ3) is 4.56. The molecule has 2 aromatic rings. The number of primary amides is 1. The molecule has 0 saturated carbocycles. The van der Waals surface area contributed by atoms with Crippen molar-refractivity contribution in [2.45, 2.75) is 25.1 Å². The molecular weight excluding hydrogens is 377 g/mol. The average molecular weight is 394 g/mol. The molecule has 1 aliphatic rings. The molecule has 1 atom stereocenters. The molecule has 0 spiro atoms. The van der Waals surface area contributed by atoms with Crippen molar-refractivity contribution in [2.75, 3.05) is 13.1 Å². The third-order valence-electron chi connectivity index (χ3n) is 4.25. The third-order valence-corrected chi connectivity index (χ3v) is 4.25. The number of ether oxygens (including phenoxy) is 1. The number of hydrogen-bond acceptors (Lipinski definition) is 5. The van der Waals surface area contributed by atoms with Gasteiger partial charge in [-0.1, -0.05) is 0 Å². The number of hydrogen-bond donors (Lipinski definition) is 1. The number of nitrogens with two attached hydrogens (primary N) is 1. The van der Waals surface area contributed by atoms with Gasteiger partial charge < -0.3 is 15.4 Å². The van der Waals surface area contributed by atoms with Gasteiger partial charge in [0, 0.05) is 25.0 Å². The van der Waals surface area contributed by atoms with Crippen molar-refractivity contribution in [3.8, 4) is 5.75 Å². The quantitative estimate of drug-likeness (QED) is 0.858. The number of aromatic nitrogens is 2. The van der Waals surface area contributed by atoms with E-state index in [1.165, 1.54) is 17.2 Å². The van der Waals surface area contributed by atoms with Crippen molar-refractivity contribution in [3.05, 3.63) is 53.6 Å². The molecule has 7 nitrogen and oxygen atoms in total. The lowest BCUT2D eigenvalue weighted by molar-refractivity contribution is -0.141. The zero-order valence-electron chi connectivity index (χ0n) is 14.6. The monoisotopic (exact) mass is 394 g/mol. The van der Waals surface area contributed by atoms with Gasteiger partial charge in [0.05, 0.1) is 12.1 Å². The van der Waals surface area contributed by atoms with E-state index in [2.05, 4.69) is 9.97 Å². The van der Waals surface area contributed by atoms with Gasteiger partial charge in [0.1, 0.15) is 23.2 Å². The highest BCUT2D eigenvalue weighted by Crippen LogP contribution is 2.27. The Morgan fingerprint density at radius 3 is 2.64 bits per heavy atom. The molecule has 0 aliphatic carbocycles. The van der Waals surface area contributed by atoms with Gasteiger partial charge in [-0.2, -0.15) is 13.2 Å². The average Bonchev–Trinajstić information content (AvgIpc) is 2.67. The van der Waals surface area contributed by atoms with E-state index in [1.807, 2.05) is 0 Å². The van der Waals surface area contributed by atoms with Crippen LogP contribution in [0.15, 0.2) is 36.7 Å². The molecule has 2 N–H and O–H groups in total.